The van der Waals surface area contributed by atoms with Gasteiger partial charge in [-0.25, -0.2) is 9.78 Å². The minimum Gasteiger partial charge on any atom is -0.478 e. The van der Waals surface area contributed by atoms with Crippen molar-refractivity contribution in [1.29, 1.82) is 0 Å². The summed E-state index contributed by atoms with van der Waals surface area (Å²) in [6, 6.07) is 7.77. The number of nitrogens with one attached hydrogen (secondary N) is 3. The fraction of sp³-hybridized carbons (Fsp3) is 0.458. The Balaban J connectivity index is 1.16. The van der Waals surface area contributed by atoms with Crippen LogP contribution in [0.15, 0.2) is 24.3 Å². The van der Waals surface area contributed by atoms with E-state index in [0.29, 0.717) is 49.6 Å². The highest BCUT2D eigenvalue weighted by atomic mass is 32.1. The van der Waals surface area contributed by atoms with Crippen LogP contribution < -0.4 is 10.6 Å². The number of amides is 1. The lowest BCUT2D eigenvalue weighted by Crippen LogP contribution is -2.37. The van der Waals surface area contributed by atoms with Crippen molar-refractivity contribution in [2.24, 2.45) is 0 Å². The van der Waals surface area contributed by atoms with Gasteiger partial charge in [0.05, 0.1) is 29.3 Å². The van der Waals surface area contributed by atoms with E-state index in [4.69, 9.17) is 9.47 Å². The fourth-order valence-corrected chi connectivity index (χ4v) is 5.64. The number of carboxylic acids is 1. The Hall–Kier alpha value is -2.95. The smallest absolute Gasteiger partial charge is 0.338 e. The Bertz CT molecular complexity index is 1150. The predicted molar refractivity (Wildman–Crippen MR) is 128 cm³/mol. The van der Waals surface area contributed by atoms with Crippen molar-refractivity contribution in [2.45, 2.75) is 57.5 Å². The van der Waals surface area contributed by atoms with E-state index < -0.39 is 5.97 Å². The topological polar surface area (TPSA) is 126 Å². The van der Waals surface area contributed by atoms with Crippen molar-refractivity contribution >= 4 is 39.2 Å². The average molecular weight is 485 g/mol. The molecular formula is C24H28N4O5S. The summed E-state index contributed by atoms with van der Waals surface area (Å²) in [4.78, 5) is 33.1. The molecule has 2 aromatic heterocycles. The molecular weight excluding hydrogens is 456 g/mol. The molecule has 5 rings (SSSR count). The summed E-state index contributed by atoms with van der Waals surface area (Å²) in [6.07, 6.45) is 3.81. The van der Waals surface area contributed by atoms with Crippen molar-refractivity contribution < 1.29 is 24.2 Å². The number of hydrogen-bond donors (Lipinski definition) is 4. The summed E-state index contributed by atoms with van der Waals surface area (Å²) in [6.45, 7) is 1.36. The molecule has 1 amide bonds. The summed E-state index contributed by atoms with van der Waals surface area (Å²) in [5.74, 6) is -0.261. The van der Waals surface area contributed by atoms with Gasteiger partial charge in [-0.05, 0) is 37.0 Å². The number of rotatable bonds is 8. The highest BCUT2D eigenvalue weighted by Gasteiger charge is 2.31. The lowest BCUT2D eigenvalue weighted by molar-refractivity contribution is -0.121. The number of carbonyl (C=O) groups is 2. The standard InChI is InChI=1S/C24H28N4O5S/c29-20(9-8-19-26-16-5-1-2-6-17(16)27-19)25-12-14-11-15-18(13-33-14)34-23(22(15)24(30)31)28-21-7-3-4-10-32-21/h1-2,5-6,14,21,28H,3-4,7-13H2,(H,25,29)(H,26,27)(H,30,31). The molecule has 2 unspecified atom stereocenters. The van der Waals surface area contributed by atoms with Gasteiger partial charge >= 0.3 is 5.97 Å². The Morgan fingerprint density at radius 3 is 2.91 bits per heavy atom. The molecule has 0 aliphatic carbocycles. The predicted octanol–water partition coefficient (Wildman–Crippen LogP) is 3.45. The number of aromatic carboxylic acids is 1. The minimum atomic E-state index is -0.952. The summed E-state index contributed by atoms with van der Waals surface area (Å²) in [5.41, 5.74) is 2.94. The molecule has 10 heteroatoms. The normalized spacial score (nSPS) is 20.1. The zero-order valence-electron chi connectivity index (χ0n) is 18.8. The number of aryl methyl sites for hydroxylation is 1. The maximum atomic E-state index is 12.4. The molecule has 0 saturated carbocycles. The first kappa shape index (κ1) is 22.8. The average Bonchev–Trinajstić information content (AvgIpc) is 3.42. The lowest BCUT2D eigenvalue weighted by Gasteiger charge is -2.24. The van der Waals surface area contributed by atoms with E-state index in [1.54, 1.807) is 0 Å². The molecule has 180 valence electrons. The van der Waals surface area contributed by atoms with Crippen molar-refractivity contribution in [3.05, 3.63) is 46.1 Å². The van der Waals surface area contributed by atoms with E-state index >= 15 is 0 Å². The lowest BCUT2D eigenvalue weighted by atomic mass is 10.0. The molecule has 34 heavy (non-hydrogen) atoms. The van der Waals surface area contributed by atoms with Gasteiger partial charge in [-0.15, -0.1) is 11.3 Å². The number of benzene rings is 1. The molecule has 1 fully saturated rings. The molecule has 0 bridgehead atoms. The third kappa shape index (κ3) is 5.08. The first-order chi connectivity index (χ1) is 16.6. The maximum Gasteiger partial charge on any atom is 0.338 e. The number of nitrogens with zero attached hydrogens (tertiary/aromatic N) is 1. The van der Waals surface area contributed by atoms with E-state index in [1.807, 2.05) is 24.3 Å². The van der Waals surface area contributed by atoms with E-state index in [9.17, 15) is 14.7 Å². The van der Waals surface area contributed by atoms with Crippen LogP contribution in [0.4, 0.5) is 5.00 Å². The van der Waals surface area contributed by atoms with Gasteiger partial charge in [0.2, 0.25) is 5.91 Å². The van der Waals surface area contributed by atoms with Crippen LogP contribution >= 0.6 is 11.3 Å². The van der Waals surface area contributed by atoms with Crippen molar-refractivity contribution in [2.75, 3.05) is 18.5 Å². The number of anilines is 1. The van der Waals surface area contributed by atoms with E-state index in [1.165, 1.54) is 11.3 Å². The molecule has 1 aromatic carbocycles. The van der Waals surface area contributed by atoms with Gasteiger partial charge in [-0.3, -0.25) is 4.79 Å². The third-order valence-electron chi connectivity index (χ3n) is 6.21. The molecule has 3 aromatic rings. The fourth-order valence-electron chi connectivity index (χ4n) is 4.46. The van der Waals surface area contributed by atoms with Crippen LogP contribution in [-0.2, 0) is 33.7 Å². The van der Waals surface area contributed by atoms with Gasteiger partial charge in [0.1, 0.15) is 17.1 Å². The summed E-state index contributed by atoms with van der Waals surface area (Å²) in [7, 11) is 0. The first-order valence-corrected chi connectivity index (χ1v) is 12.5. The second kappa shape index (κ2) is 10.1. The molecule has 2 aliphatic heterocycles. The molecule has 2 aliphatic rings. The molecule has 4 N–H and O–H groups in total. The van der Waals surface area contributed by atoms with Gasteiger partial charge in [0, 0.05) is 37.3 Å². The Morgan fingerprint density at radius 1 is 1.24 bits per heavy atom. The number of carbonyl (C=O) groups excluding carboxylic acids is 1. The number of ether oxygens (including phenoxy) is 2. The van der Waals surface area contributed by atoms with Gasteiger partial charge in [0.15, 0.2) is 0 Å². The number of hydrogen-bond acceptors (Lipinski definition) is 7. The monoisotopic (exact) mass is 484 g/mol. The molecule has 0 radical (unpaired) electrons. The number of carboxylic acid groups (broad SMARTS) is 1. The number of H-pyrrole nitrogens is 1. The number of aromatic amines is 1. The largest absolute Gasteiger partial charge is 0.478 e. The van der Waals surface area contributed by atoms with Gasteiger partial charge < -0.3 is 30.2 Å². The Morgan fingerprint density at radius 2 is 2.12 bits per heavy atom. The quantitative estimate of drug-likeness (QED) is 0.386. The minimum absolute atomic E-state index is 0.0876. The molecule has 2 atom stereocenters. The molecule has 9 nitrogen and oxygen atoms in total. The highest BCUT2D eigenvalue weighted by Crippen LogP contribution is 2.38. The van der Waals surface area contributed by atoms with Crippen molar-refractivity contribution in [3.8, 4) is 0 Å². The van der Waals surface area contributed by atoms with Gasteiger partial charge in [-0.2, -0.15) is 0 Å². The SMILES string of the molecule is O=C(CCc1nc2ccccc2[nH]1)NCC1Cc2c(sc(NC3CCCCO3)c2C(=O)O)CO1. The summed E-state index contributed by atoms with van der Waals surface area (Å²) < 4.78 is 11.6. The van der Waals surface area contributed by atoms with Crippen molar-refractivity contribution in [1.82, 2.24) is 15.3 Å². The van der Waals surface area contributed by atoms with Crippen LogP contribution in [0.5, 0.6) is 0 Å². The zero-order chi connectivity index (χ0) is 23.5. The molecule has 1 saturated heterocycles. The third-order valence-corrected chi connectivity index (χ3v) is 7.35. The van der Waals surface area contributed by atoms with Crippen LogP contribution in [0.1, 0.15) is 52.3 Å². The second-order valence-corrected chi connectivity index (χ2v) is 9.76. The first-order valence-electron chi connectivity index (χ1n) is 11.6. The van der Waals surface area contributed by atoms with Crippen molar-refractivity contribution in [3.63, 3.8) is 0 Å². The summed E-state index contributed by atoms with van der Waals surface area (Å²) >= 11 is 1.42. The second-order valence-electron chi connectivity index (χ2n) is 8.65. The zero-order valence-corrected chi connectivity index (χ0v) is 19.6. The Labute approximate surface area is 200 Å². The van der Waals surface area contributed by atoms with Crippen LogP contribution in [0.3, 0.4) is 0 Å². The number of thiophene rings is 1. The van der Waals surface area contributed by atoms with Crippen LogP contribution in [-0.4, -0.2) is 52.4 Å². The van der Waals surface area contributed by atoms with E-state index in [2.05, 4.69) is 20.6 Å². The molecule has 4 heterocycles. The van der Waals surface area contributed by atoms with E-state index in [0.717, 1.165) is 46.6 Å². The van der Waals surface area contributed by atoms with Crippen LogP contribution in [0, 0.1) is 0 Å². The summed E-state index contributed by atoms with van der Waals surface area (Å²) in [5, 5.41) is 16.7. The number of para-hydroxylation sites is 2. The van der Waals surface area contributed by atoms with Gasteiger partial charge in [0.25, 0.3) is 0 Å². The highest BCUT2D eigenvalue weighted by molar-refractivity contribution is 7.16. The number of fused-ring (bicyclic) bond motifs is 2. The van der Waals surface area contributed by atoms with Crippen LogP contribution in [0.25, 0.3) is 11.0 Å². The maximum absolute atomic E-state index is 12.4. The van der Waals surface area contributed by atoms with E-state index in [-0.39, 0.29) is 18.2 Å². The van der Waals surface area contributed by atoms with Crippen LogP contribution in [0.2, 0.25) is 0 Å². The number of aromatic nitrogens is 2. The van der Waals surface area contributed by atoms with Gasteiger partial charge in [-0.1, -0.05) is 12.1 Å². The molecule has 0 spiro atoms. The number of imidazole rings is 1. The Kier molecular flexibility index (Phi) is 6.80.